The first kappa shape index (κ1) is 16.7. The molecule has 3 rings (SSSR count). The summed E-state index contributed by atoms with van der Waals surface area (Å²) < 4.78 is 7.16. The molecule has 1 unspecified atom stereocenters. The summed E-state index contributed by atoms with van der Waals surface area (Å²) in [6.07, 6.45) is 1.79. The van der Waals surface area contributed by atoms with E-state index >= 15 is 0 Å². The lowest BCUT2D eigenvalue weighted by atomic mass is 10.2. The van der Waals surface area contributed by atoms with Gasteiger partial charge in [0.25, 0.3) is 5.56 Å². The van der Waals surface area contributed by atoms with E-state index in [4.69, 9.17) is 10.5 Å². The predicted molar refractivity (Wildman–Crippen MR) is 95.8 cm³/mol. The lowest BCUT2D eigenvalue weighted by molar-refractivity contribution is -0.121. The van der Waals surface area contributed by atoms with Gasteiger partial charge in [0, 0.05) is 0 Å². The number of hydrogen-bond acceptors (Lipinski definition) is 4. The van der Waals surface area contributed by atoms with Crippen LogP contribution >= 0.6 is 0 Å². The molecule has 1 amide bonds. The minimum absolute atomic E-state index is 0.314. The first-order valence-corrected chi connectivity index (χ1v) is 8.05. The lowest BCUT2D eigenvalue weighted by Crippen LogP contribution is -2.33. The quantitative estimate of drug-likeness (QED) is 0.775. The molecule has 0 aliphatic heterocycles. The van der Waals surface area contributed by atoms with Crippen LogP contribution in [0.1, 0.15) is 24.9 Å². The van der Waals surface area contributed by atoms with E-state index < -0.39 is 11.9 Å². The van der Waals surface area contributed by atoms with Crippen molar-refractivity contribution in [2.24, 2.45) is 5.73 Å². The summed E-state index contributed by atoms with van der Waals surface area (Å²) in [5.41, 5.74) is 6.61. The molecule has 25 heavy (non-hydrogen) atoms. The summed E-state index contributed by atoms with van der Waals surface area (Å²) >= 11 is 0. The monoisotopic (exact) mass is 337 g/mol. The SMILES string of the molecule is CCC(C(N)=O)n1cnc2ccc(Oc3ccccc3C)cc2c1=O. The van der Waals surface area contributed by atoms with E-state index in [0.717, 1.165) is 11.3 Å². The molecule has 3 aromatic rings. The number of benzene rings is 2. The van der Waals surface area contributed by atoms with Crippen molar-refractivity contribution in [2.75, 3.05) is 0 Å². The zero-order chi connectivity index (χ0) is 18.0. The van der Waals surface area contributed by atoms with Crippen LogP contribution in [-0.4, -0.2) is 15.5 Å². The molecule has 128 valence electrons. The molecule has 2 N–H and O–H groups in total. The van der Waals surface area contributed by atoms with Crippen molar-refractivity contribution in [1.29, 1.82) is 0 Å². The van der Waals surface area contributed by atoms with Crippen LogP contribution in [0.4, 0.5) is 0 Å². The molecule has 0 fully saturated rings. The van der Waals surface area contributed by atoms with Crippen molar-refractivity contribution in [3.63, 3.8) is 0 Å². The van der Waals surface area contributed by atoms with Gasteiger partial charge >= 0.3 is 0 Å². The molecule has 0 saturated heterocycles. The molecule has 6 nitrogen and oxygen atoms in total. The van der Waals surface area contributed by atoms with Crippen LogP contribution in [0, 0.1) is 6.92 Å². The summed E-state index contributed by atoms with van der Waals surface area (Å²) in [7, 11) is 0. The zero-order valence-corrected chi connectivity index (χ0v) is 14.1. The van der Waals surface area contributed by atoms with E-state index in [-0.39, 0.29) is 5.56 Å². The number of ether oxygens (including phenoxy) is 1. The fourth-order valence-corrected chi connectivity index (χ4v) is 2.73. The van der Waals surface area contributed by atoms with E-state index in [9.17, 15) is 9.59 Å². The summed E-state index contributed by atoms with van der Waals surface area (Å²) in [6, 6.07) is 12.0. The number of carbonyl (C=O) groups excluding carboxylic acids is 1. The van der Waals surface area contributed by atoms with Crippen LogP contribution in [0.3, 0.4) is 0 Å². The molecule has 1 atom stereocenters. The molecule has 2 aromatic carbocycles. The summed E-state index contributed by atoms with van der Waals surface area (Å²) in [4.78, 5) is 28.6. The van der Waals surface area contributed by atoms with Gasteiger partial charge in [-0.1, -0.05) is 25.1 Å². The van der Waals surface area contributed by atoms with Crippen molar-refractivity contribution in [1.82, 2.24) is 9.55 Å². The molecule has 6 heteroatoms. The van der Waals surface area contributed by atoms with Crippen LogP contribution in [0.2, 0.25) is 0 Å². The molecule has 0 bridgehead atoms. The Kier molecular flexibility index (Phi) is 4.52. The highest BCUT2D eigenvalue weighted by Gasteiger charge is 2.18. The minimum Gasteiger partial charge on any atom is -0.457 e. The van der Waals surface area contributed by atoms with Crippen LogP contribution < -0.4 is 16.0 Å². The molecular formula is C19H19N3O3. The second kappa shape index (κ2) is 6.76. The third-order valence-corrected chi connectivity index (χ3v) is 4.13. The molecular weight excluding hydrogens is 318 g/mol. The number of hydrogen-bond donors (Lipinski definition) is 1. The lowest BCUT2D eigenvalue weighted by Gasteiger charge is -2.15. The second-order valence-corrected chi connectivity index (χ2v) is 5.83. The highest BCUT2D eigenvalue weighted by Crippen LogP contribution is 2.26. The minimum atomic E-state index is -0.717. The fraction of sp³-hybridized carbons (Fsp3) is 0.211. The normalized spacial score (nSPS) is 12.1. The van der Waals surface area contributed by atoms with Crippen molar-refractivity contribution in [3.8, 4) is 11.5 Å². The Morgan fingerprint density at radius 1 is 1.28 bits per heavy atom. The zero-order valence-electron chi connectivity index (χ0n) is 14.1. The first-order chi connectivity index (χ1) is 12.0. The van der Waals surface area contributed by atoms with Gasteiger partial charge in [-0.3, -0.25) is 14.2 Å². The maximum Gasteiger partial charge on any atom is 0.262 e. The number of fused-ring (bicyclic) bond motifs is 1. The summed E-state index contributed by atoms with van der Waals surface area (Å²) in [5.74, 6) is 0.693. The van der Waals surface area contributed by atoms with Crippen molar-refractivity contribution in [3.05, 3.63) is 64.7 Å². The molecule has 0 aliphatic carbocycles. The summed E-state index contributed by atoms with van der Waals surface area (Å²) in [5, 5.41) is 0.383. The van der Waals surface area contributed by atoms with Crippen molar-refractivity contribution < 1.29 is 9.53 Å². The molecule has 1 heterocycles. The maximum absolute atomic E-state index is 12.8. The van der Waals surface area contributed by atoms with E-state index in [1.54, 1.807) is 25.1 Å². The van der Waals surface area contributed by atoms with E-state index in [1.807, 2.05) is 31.2 Å². The largest absolute Gasteiger partial charge is 0.457 e. The molecule has 0 spiro atoms. The highest BCUT2D eigenvalue weighted by atomic mass is 16.5. The van der Waals surface area contributed by atoms with Crippen LogP contribution in [0.25, 0.3) is 10.9 Å². The average Bonchev–Trinajstić information content (AvgIpc) is 2.60. The highest BCUT2D eigenvalue weighted by molar-refractivity contribution is 5.81. The molecule has 1 aromatic heterocycles. The van der Waals surface area contributed by atoms with Gasteiger partial charge in [-0.25, -0.2) is 4.98 Å². The number of aryl methyl sites for hydroxylation is 1. The predicted octanol–water partition coefficient (Wildman–Crippen LogP) is 2.93. The van der Waals surface area contributed by atoms with Crippen molar-refractivity contribution >= 4 is 16.8 Å². The van der Waals surface area contributed by atoms with E-state index in [2.05, 4.69) is 4.98 Å². The molecule has 0 aliphatic rings. The Morgan fingerprint density at radius 3 is 2.72 bits per heavy atom. The van der Waals surface area contributed by atoms with Crippen molar-refractivity contribution in [2.45, 2.75) is 26.3 Å². The third kappa shape index (κ3) is 3.24. The maximum atomic E-state index is 12.8. The fourth-order valence-electron chi connectivity index (χ4n) is 2.73. The number of nitrogens with zero attached hydrogens (tertiary/aromatic N) is 2. The summed E-state index contributed by atoms with van der Waals surface area (Å²) in [6.45, 7) is 3.74. The van der Waals surface area contributed by atoms with Crippen LogP contribution in [0.5, 0.6) is 11.5 Å². The van der Waals surface area contributed by atoms with E-state index in [0.29, 0.717) is 23.1 Å². The van der Waals surface area contributed by atoms with Gasteiger partial charge in [-0.05, 0) is 43.2 Å². The number of para-hydroxylation sites is 1. The van der Waals surface area contributed by atoms with E-state index in [1.165, 1.54) is 10.9 Å². The Labute approximate surface area is 144 Å². The van der Waals surface area contributed by atoms with Gasteiger partial charge in [0.15, 0.2) is 0 Å². The Bertz CT molecular complexity index is 995. The number of primary amides is 1. The number of nitrogens with two attached hydrogens (primary N) is 1. The molecule has 0 saturated carbocycles. The molecule has 0 radical (unpaired) electrons. The third-order valence-electron chi connectivity index (χ3n) is 4.13. The standard InChI is InChI=1S/C19H19N3O3/c1-3-16(18(20)23)22-11-21-15-9-8-13(10-14(15)19(22)24)25-17-7-5-4-6-12(17)2/h4-11,16H,3H2,1-2H3,(H2,20,23). The number of aromatic nitrogens is 2. The number of rotatable bonds is 5. The van der Waals surface area contributed by atoms with Crippen LogP contribution in [-0.2, 0) is 4.79 Å². The van der Waals surface area contributed by atoms with Gasteiger partial charge < -0.3 is 10.5 Å². The van der Waals surface area contributed by atoms with Gasteiger partial charge in [-0.2, -0.15) is 0 Å². The Hall–Kier alpha value is -3.15. The Morgan fingerprint density at radius 2 is 2.04 bits per heavy atom. The second-order valence-electron chi connectivity index (χ2n) is 5.83. The van der Waals surface area contributed by atoms with Gasteiger partial charge in [0.05, 0.1) is 17.2 Å². The van der Waals surface area contributed by atoms with Gasteiger partial charge in [0.1, 0.15) is 17.5 Å². The van der Waals surface area contributed by atoms with Crippen LogP contribution in [0.15, 0.2) is 53.6 Å². The number of carbonyl (C=O) groups is 1. The number of amides is 1. The topological polar surface area (TPSA) is 87.2 Å². The average molecular weight is 337 g/mol. The Balaban J connectivity index is 2.07. The first-order valence-electron chi connectivity index (χ1n) is 8.05. The van der Waals surface area contributed by atoms with Gasteiger partial charge in [0.2, 0.25) is 5.91 Å². The van der Waals surface area contributed by atoms with Gasteiger partial charge in [-0.15, -0.1) is 0 Å². The smallest absolute Gasteiger partial charge is 0.262 e.